The number of aliphatic hydroxyl groups excluding tert-OH is 3. The molecule has 2 aliphatic heterocycles. The quantitative estimate of drug-likeness (QED) is 0.0153. The summed E-state index contributed by atoms with van der Waals surface area (Å²) in [6, 6.07) is 9.28. The van der Waals surface area contributed by atoms with Crippen molar-refractivity contribution < 1.29 is 87.2 Å². The molecule has 0 aliphatic carbocycles. The molecule has 122 heavy (non-hydrogen) atoms. The van der Waals surface area contributed by atoms with E-state index in [-0.39, 0.29) is 90.6 Å². The molecule has 4 aromatic carbocycles. The summed E-state index contributed by atoms with van der Waals surface area (Å²) in [6.07, 6.45) is 0.273. The number of nitrogens with two attached hydrogens (primary N) is 5. The van der Waals surface area contributed by atoms with E-state index < -0.39 is 205 Å². The number of fused-ring (bicyclic) bond motifs is 1. The highest BCUT2D eigenvalue weighted by Gasteiger charge is 2.40. The Bertz CT molecular complexity index is 4290. The number of H-pyrrole nitrogens is 1. The Balaban J connectivity index is 0.0000230. The van der Waals surface area contributed by atoms with Crippen molar-refractivity contribution in [1.29, 1.82) is 0 Å². The van der Waals surface area contributed by atoms with E-state index in [4.69, 9.17) is 28.7 Å². The minimum absolute atomic E-state index is 0. The number of hydrogen-bond donors (Lipinski definition) is 23. The van der Waals surface area contributed by atoms with Crippen molar-refractivity contribution in [3.8, 4) is 0 Å². The van der Waals surface area contributed by atoms with Gasteiger partial charge in [-0.25, -0.2) is 0 Å². The number of benzene rings is 4. The number of nitrogens with one attached hydrogen (secondary N) is 15. The molecular formula is C82H118N20O18S2. The third kappa shape index (κ3) is 32.4. The number of para-hydroxylation sites is 1. The molecule has 2 saturated heterocycles. The number of primary amides is 2. The molecule has 3 heterocycles. The zero-order valence-electron chi connectivity index (χ0n) is 67.3. The fourth-order valence-electron chi connectivity index (χ4n) is 13.4. The molecule has 0 spiro atoms. The predicted molar refractivity (Wildman–Crippen MR) is 458 cm³/mol. The van der Waals surface area contributed by atoms with E-state index >= 15 is 14.4 Å². The number of unbranched alkanes of at least 4 members (excludes halogenated alkanes) is 3. The van der Waals surface area contributed by atoms with Crippen LogP contribution in [-0.2, 0) is 97.6 Å². The largest absolute Gasteiger partial charge is 0.394 e. The van der Waals surface area contributed by atoms with Gasteiger partial charge in [-0.1, -0.05) is 138 Å². The number of carbonyl (C=O) groups excluding carboxylic acids is 15. The van der Waals surface area contributed by atoms with Gasteiger partial charge in [0.1, 0.15) is 78.5 Å². The minimum Gasteiger partial charge on any atom is -0.394 e. The SMILES string of the molecule is C.C[C@@H](O)[C@@H]1NC(=O)[C@H](CCCCN)NC(=O)[C@H](Cc2c[nH]c3ccccc23)NC(=O)[C@H](Cc2ccccc2)NC(=O)[C@H](Cc2ccccc2)NC(=O)[C@H](CC(N)=O)NC(=O)[C@H](CCCCN)NC(=O)[C@@H](NC(=O)[C@@H]2CCCN2)CSSC[C@@H](C(=O)N[C@@H](CCCCN)C(N)=O)NC(=O)[C@H](CO)NC(=O)[C@H](CO)NC(=O)[C@H](Cc2ccccc2)NC1=O. The third-order valence-electron chi connectivity index (χ3n) is 20.2. The summed E-state index contributed by atoms with van der Waals surface area (Å²) in [5, 5.41) is 70.0. The van der Waals surface area contributed by atoms with Gasteiger partial charge in [0.25, 0.3) is 0 Å². The first-order valence-corrected chi connectivity index (χ1v) is 42.8. The lowest BCUT2D eigenvalue weighted by Crippen LogP contribution is -2.63. The zero-order chi connectivity index (χ0) is 87.9. The molecule has 666 valence electrons. The van der Waals surface area contributed by atoms with Crippen LogP contribution in [0.25, 0.3) is 10.9 Å². The highest BCUT2D eigenvalue weighted by Crippen LogP contribution is 2.25. The normalized spacial score (nSPS) is 24.0. The average molecular weight is 1740 g/mol. The lowest BCUT2D eigenvalue weighted by Gasteiger charge is -2.29. The number of aromatic nitrogens is 1. The second kappa shape index (κ2) is 52.3. The smallest absolute Gasteiger partial charge is 0.245 e. The van der Waals surface area contributed by atoms with Crippen molar-refractivity contribution in [1.82, 2.24) is 79.4 Å². The highest BCUT2D eigenvalue weighted by atomic mass is 33.1. The maximum atomic E-state index is 15.4. The van der Waals surface area contributed by atoms with Crippen LogP contribution in [0.2, 0.25) is 0 Å². The van der Waals surface area contributed by atoms with Gasteiger partial charge in [0.15, 0.2) is 0 Å². The van der Waals surface area contributed by atoms with E-state index in [1.54, 1.807) is 121 Å². The number of hydrogen-bond acceptors (Lipinski definition) is 24. The van der Waals surface area contributed by atoms with Crippen LogP contribution in [0, 0.1) is 0 Å². The van der Waals surface area contributed by atoms with Crippen LogP contribution < -0.4 is 103 Å². The van der Waals surface area contributed by atoms with Crippen molar-refractivity contribution in [2.45, 2.75) is 208 Å². The molecule has 0 bridgehead atoms. The molecule has 28 N–H and O–H groups in total. The summed E-state index contributed by atoms with van der Waals surface area (Å²) in [4.78, 5) is 221. The molecule has 38 nitrogen and oxygen atoms in total. The predicted octanol–water partition coefficient (Wildman–Crippen LogP) is -4.36. The van der Waals surface area contributed by atoms with Gasteiger partial charge in [-0.05, 0) is 132 Å². The first kappa shape index (κ1) is 99.7. The number of aromatic amines is 1. The van der Waals surface area contributed by atoms with E-state index in [2.05, 4.69) is 79.4 Å². The van der Waals surface area contributed by atoms with Crippen molar-refractivity contribution in [3.63, 3.8) is 0 Å². The number of carbonyl (C=O) groups is 15. The Morgan fingerprint density at radius 1 is 0.459 bits per heavy atom. The van der Waals surface area contributed by atoms with Crippen LogP contribution >= 0.6 is 21.6 Å². The summed E-state index contributed by atoms with van der Waals surface area (Å²) in [7, 11) is 1.74. The number of aliphatic hydroxyl groups is 3. The number of amides is 15. The van der Waals surface area contributed by atoms with E-state index in [1.807, 2.05) is 0 Å². The van der Waals surface area contributed by atoms with Crippen molar-refractivity contribution in [2.75, 3.05) is 50.9 Å². The molecule has 2 aliphatic rings. The zero-order valence-corrected chi connectivity index (χ0v) is 69.0. The van der Waals surface area contributed by atoms with Crippen LogP contribution in [0.1, 0.15) is 114 Å². The highest BCUT2D eigenvalue weighted by molar-refractivity contribution is 8.76. The Hall–Kier alpha value is -11.1. The molecule has 0 saturated carbocycles. The fourth-order valence-corrected chi connectivity index (χ4v) is 15.8. The van der Waals surface area contributed by atoms with Gasteiger partial charge in [-0.15, -0.1) is 0 Å². The van der Waals surface area contributed by atoms with Gasteiger partial charge in [0.2, 0.25) is 88.6 Å². The first-order chi connectivity index (χ1) is 58.1. The van der Waals surface area contributed by atoms with Gasteiger partial charge in [0.05, 0.1) is 31.8 Å². The Labute approximate surface area is 715 Å². The first-order valence-electron chi connectivity index (χ1n) is 40.3. The maximum Gasteiger partial charge on any atom is 0.245 e. The van der Waals surface area contributed by atoms with Gasteiger partial charge in [0, 0.05) is 54.3 Å². The topological polar surface area (TPSA) is 631 Å². The van der Waals surface area contributed by atoms with Crippen LogP contribution in [0.15, 0.2) is 121 Å². The van der Waals surface area contributed by atoms with E-state index in [0.29, 0.717) is 78.2 Å². The standard InChI is InChI=1S/C81H114N20O18S2.CH4/c1-46(104)67-81(119)96-59(38-49-24-9-4-10-25-49)74(112)97-62(42-102)77(115)98-63(43-103)78(116)100-64(79(117)89-53(68(86)106)28-13-16-32-82)44-120-121-45-65(99-69(107)54-31-19-35-87-54)80(118)91-55(29-14-17-33-83)70(108)95-61(40-66(85)105)76(114)93-57(36-47-20-5-2-6-21-47)72(110)92-58(37-48-22-7-3-8-23-48)73(111)94-60(39-50-41-88-52-27-12-11-26-51(50)52)75(113)90-56(71(109)101-67)30-15-18-34-84;/h2-12,20-27,41,46,53-65,67,87-88,102-104H,13-19,28-40,42-45,82-84H2,1H3,(H2,85,105)(H2,86,106)(H,89,117)(H,90,113)(H,91,118)(H,92,110)(H,93,114)(H,94,111)(H,95,108)(H,96,119)(H,97,112)(H,98,115)(H,99,107)(H,100,116)(H,101,109);1H4/t46-,53+,54+,55+,56+,57+,58+,59+,60+,61+,62+,63+,64+,65+,67+;/m1./s1. The van der Waals surface area contributed by atoms with Crippen LogP contribution in [0.5, 0.6) is 0 Å². The van der Waals surface area contributed by atoms with Crippen LogP contribution in [0.4, 0.5) is 0 Å². The van der Waals surface area contributed by atoms with Crippen molar-refractivity contribution in [3.05, 3.63) is 144 Å². The molecule has 0 radical (unpaired) electrons. The third-order valence-corrected chi connectivity index (χ3v) is 22.6. The van der Waals surface area contributed by atoms with Gasteiger partial charge < -0.3 is 123 Å². The minimum atomic E-state index is -1.96. The van der Waals surface area contributed by atoms with Crippen molar-refractivity contribution in [2.24, 2.45) is 28.7 Å². The summed E-state index contributed by atoms with van der Waals surface area (Å²) in [5.74, 6) is -16.4. The molecule has 5 aromatic rings. The van der Waals surface area contributed by atoms with Crippen LogP contribution in [-0.4, -0.2) is 250 Å². The van der Waals surface area contributed by atoms with E-state index in [1.165, 1.54) is 0 Å². The Morgan fingerprint density at radius 3 is 1.34 bits per heavy atom. The lowest BCUT2D eigenvalue weighted by atomic mass is 10.00. The molecule has 15 amide bonds. The summed E-state index contributed by atoms with van der Waals surface area (Å²) in [6.45, 7) is -0.246. The molecule has 2 fully saturated rings. The summed E-state index contributed by atoms with van der Waals surface area (Å²) >= 11 is 0. The lowest BCUT2D eigenvalue weighted by molar-refractivity contribution is -0.137. The monoisotopic (exact) mass is 1730 g/mol. The Kier molecular flexibility index (Phi) is 42.7. The molecule has 1 aromatic heterocycles. The van der Waals surface area contributed by atoms with Crippen LogP contribution in [0.3, 0.4) is 0 Å². The van der Waals surface area contributed by atoms with Gasteiger partial charge in [-0.2, -0.15) is 0 Å². The summed E-state index contributed by atoms with van der Waals surface area (Å²) < 4.78 is 0. The van der Waals surface area contributed by atoms with Crippen molar-refractivity contribution >= 4 is 121 Å². The maximum absolute atomic E-state index is 15.4. The molecular weight excluding hydrogens is 1620 g/mol. The average Bonchev–Trinajstić information content (AvgIpc) is 1.66. The van der Waals surface area contributed by atoms with Gasteiger partial charge >= 0.3 is 0 Å². The van der Waals surface area contributed by atoms with E-state index in [9.17, 15) is 72.9 Å². The van der Waals surface area contributed by atoms with Gasteiger partial charge in [-0.3, -0.25) is 71.9 Å². The molecule has 0 unspecified atom stereocenters. The Morgan fingerprint density at radius 2 is 0.869 bits per heavy atom. The number of rotatable bonds is 30. The molecule has 40 heteroatoms. The molecule has 7 rings (SSSR count). The molecule has 15 atom stereocenters. The second-order valence-corrected chi connectivity index (χ2v) is 32.2. The second-order valence-electron chi connectivity index (χ2n) is 29.6. The fraction of sp³-hybridized carbons (Fsp3) is 0.500. The van der Waals surface area contributed by atoms with E-state index in [0.717, 1.165) is 28.5 Å². The summed E-state index contributed by atoms with van der Waals surface area (Å²) in [5.41, 5.74) is 31.6.